The summed E-state index contributed by atoms with van der Waals surface area (Å²) in [6.07, 6.45) is 6.77. The first-order valence-electron chi connectivity index (χ1n) is 4.95. The fourth-order valence-electron chi connectivity index (χ4n) is 1.91. The number of rotatable bonds is 2. The van der Waals surface area contributed by atoms with E-state index in [0.29, 0.717) is 5.92 Å². The second kappa shape index (κ2) is 8.36. The molecule has 0 nitrogen and oxygen atoms in total. The summed E-state index contributed by atoms with van der Waals surface area (Å²) in [4.78, 5) is 0. The molecule has 0 aromatic heterocycles. The molecule has 85 valence electrons. The fourth-order valence-corrected chi connectivity index (χ4v) is 1.91. The van der Waals surface area contributed by atoms with Gasteiger partial charge in [0.2, 0.25) is 0 Å². The van der Waals surface area contributed by atoms with E-state index in [1.165, 1.54) is 17.5 Å². The van der Waals surface area contributed by atoms with Gasteiger partial charge in [-0.2, -0.15) is 5.56 Å². The maximum atomic E-state index is 3.43. The summed E-state index contributed by atoms with van der Waals surface area (Å²) in [6.45, 7) is 4.53. The van der Waals surface area contributed by atoms with Crippen LogP contribution in [0, 0.1) is 12.0 Å². The number of allylic oxidation sites excluding steroid dienone is 1. The van der Waals surface area contributed by atoms with E-state index in [1.807, 2.05) is 0 Å². The summed E-state index contributed by atoms with van der Waals surface area (Å²) < 4.78 is 0. The van der Waals surface area contributed by atoms with Crippen molar-refractivity contribution in [1.29, 1.82) is 0 Å². The topological polar surface area (TPSA) is 0 Å². The zero-order chi connectivity index (χ0) is 9.26. The minimum Gasteiger partial charge on any atom is -1.00 e. The van der Waals surface area contributed by atoms with Gasteiger partial charge < -0.3 is 24.8 Å². The SMILES string of the molecule is CC(C)CC1[C-]=Cc2ccccc21.[Cl-].[Cl-].[Ti+3]. The van der Waals surface area contributed by atoms with Crippen molar-refractivity contribution in [3.63, 3.8) is 0 Å². The minimum absolute atomic E-state index is 0. The molecule has 3 heteroatoms. The summed E-state index contributed by atoms with van der Waals surface area (Å²) >= 11 is 0. The van der Waals surface area contributed by atoms with Gasteiger partial charge >= 0.3 is 21.7 Å². The van der Waals surface area contributed by atoms with E-state index in [-0.39, 0.29) is 46.5 Å². The van der Waals surface area contributed by atoms with Crippen molar-refractivity contribution in [2.75, 3.05) is 0 Å². The Morgan fingerprint density at radius 2 is 1.81 bits per heavy atom. The van der Waals surface area contributed by atoms with Crippen LogP contribution in [0.1, 0.15) is 37.3 Å². The molecule has 0 spiro atoms. The number of hydrogen-bond acceptors (Lipinski definition) is 0. The van der Waals surface area contributed by atoms with Gasteiger partial charge in [-0.25, -0.2) is 6.08 Å². The molecule has 0 bridgehead atoms. The van der Waals surface area contributed by atoms with E-state index in [0.717, 1.165) is 5.92 Å². The first-order valence-corrected chi connectivity index (χ1v) is 4.95. The van der Waals surface area contributed by atoms with Gasteiger partial charge in [-0.1, -0.05) is 44.4 Å². The van der Waals surface area contributed by atoms with E-state index < -0.39 is 0 Å². The van der Waals surface area contributed by atoms with Crippen molar-refractivity contribution in [2.45, 2.75) is 26.2 Å². The Bertz CT molecular complexity index is 334. The molecule has 0 fully saturated rings. The fraction of sp³-hybridized carbons (Fsp3) is 0.385. The zero-order valence-electron chi connectivity index (χ0n) is 9.50. The molecule has 1 radical (unpaired) electrons. The minimum atomic E-state index is 0. The molecule has 2 rings (SSSR count). The van der Waals surface area contributed by atoms with Crippen molar-refractivity contribution >= 4 is 6.08 Å². The van der Waals surface area contributed by atoms with Crippen LogP contribution in [0.15, 0.2) is 24.3 Å². The van der Waals surface area contributed by atoms with Crippen molar-refractivity contribution in [3.8, 4) is 0 Å². The summed E-state index contributed by atoms with van der Waals surface area (Å²) in [5, 5.41) is 0. The molecule has 1 unspecified atom stereocenters. The summed E-state index contributed by atoms with van der Waals surface area (Å²) in [5.74, 6) is 1.29. The van der Waals surface area contributed by atoms with Crippen LogP contribution in [-0.2, 0) is 21.7 Å². The summed E-state index contributed by atoms with van der Waals surface area (Å²) in [7, 11) is 0. The standard InChI is InChI=1S/C13H15.2ClH.Ti/c1-10(2)9-12-8-7-11-5-3-4-6-13(11)12;;;/h3-7,10,12H,9H2,1-2H3;2*1H;/q-1;;;+3/p-2. The van der Waals surface area contributed by atoms with Crippen LogP contribution in [0.3, 0.4) is 0 Å². The maximum absolute atomic E-state index is 3.43. The molecule has 0 N–H and O–H groups in total. The molecule has 0 aliphatic heterocycles. The molecule has 16 heavy (non-hydrogen) atoms. The van der Waals surface area contributed by atoms with Gasteiger partial charge in [-0.3, -0.25) is 6.08 Å². The van der Waals surface area contributed by atoms with E-state index in [4.69, 9.17) is 0 Å². The van der Waals surface area contributed by atoms with Gasteiger partial charge in [0.1, 0.15) is 0 Å². The Morgan fingerprint density at radius 3 is 2.44 bits per heavy atom. The van der Waals surface area contributed by atoms with Gasteiger partial charge in [-0.05, 0) is 5.92 Å². The second-order valence-electron chi connectivity index (χ2n) is 4.12. The predicted octanol–water partition coefficient (Wildman–Crippen LogP) is -2.35. The van der Waals surface area contributed by atoms with Gasteiger partial charge in [0.15, 0.2) is 0 Å². The van der Waals surface area contributed by atoms with Crippen molar-refractivity contribution in [1.82, 2.24) is 0 Å². The number of benzene rings is 1. The monoisotopic (exact) mass is 289 g/mol. The van der Waals surface area contributed by atoms with E-state index in [9.17, 15) is 0 Å². The smallest absolute Gasteiger partial charge is 1.00 e. The van der Waals surface area contributed by atoms with Gasteiger partial charge in [-0.15, -0.1) is 11.6 Å². The van der Waals surface area contributed by atoms with E-state index in [2.05, 4.69) is 50.3 Å². The predicted molar refractivity (Wildman–Crippen MR) is 56.3 cm³/mol. The average Bonchev–Trinajstić information content (AvgIpc) is 2.48. The van der Waals surface area contributed by atoms with Crippen LogP contribution in [0.5, 0.6) is 0 Å². The molecule has 0 amide bonds. The third-order valence-corrected chi connectivity index (χ3v) is 2.52. The Hall–Kier alpha value is 0.254. The molecule has 1 aliphatic rings. The van der Waals surface area contributed by atoms with Crippen LogP contribution < -0.4 is 24.8 Å². The Kier molecular flexibility index (Phi) is 9.73. The third kappa shape index (κ3) is 4.26. The molecule has 1 atom stereocenters. The number of hydrogen-bond donors (Lipinski definition) is 0. The van der Waals surface area contributed by atoms with Crippen molar-refractivity contribution < 1.29 is 46.5 Å². The summed E-state index contributed by atoms with van der Waals surface area (Å²) in [5.41, 5.74) is 2.81. The molecule has 0 heterocycles. The van der Waals surface area contributed by atoms with Crippen molar-refractivity contribution in [2.24, 2.45) is 5.92 Å². The molecule has 1 aliphatic carbocycles. The molecule has 0 saturated carbocycles. The first kappa shape index (κ1) is 18.6. The van der Waals surface area contributed by atoms with Crippen LogP contribution in [-0.4, -0.2) is 0 Å². The average molecular weight is 290 g/mol. The van der Waals surface area contributed by atoms with E-state index >= 15 is 0 Å². The second-order valence-corrected chi connectivity index (χ2v) is 4.12. The Morgan fingerprint density at radius 1 is 1.19 bits per heavy atom. The van der Waals surface area contributed by atoms with Gasteiger partial charge in [0.25, 0.3) is 0 Å². The van der Waals surface area contributed by atoms with Gasteiger partial charge in [0.05, 0.1) is 0 Å². The Balaban J connectivity index is 0. The normalized spacial score (nSPS) is 15.8. The maximum Gasteiger partial charge on any atom is 3.00 e. The van der Waals surface area contributed by atoms with Crippen molar-refractivity contribution in [3.05, 3.63) is 41.5 Å². The van der Waals surface area contributed by atoms with Crippen LogP contribution in [0.25, 0.3) is 6.08 Å². The summed E-state index contributed by atoms with van der Waals surface area (Å²) in [6, 6.07) is 8.60. The van der Waals surface area contributed by atoms with Crippen LogP contribution >= 0.6 is 0 Å². The largest absolute Gasteiger partial charge is 3.00 e. The number of halogens is 2. The molecular weight excluding hydrogens is 275 g/mol. The van der Waals surface area contributed by atoms with E-state index in [1.54, 1.807) is 0 Å². The zero-order valence-corrected chi connectivity index (χ0v) is 12.6. The molecule has 1 aromatic carbocycles. The number of fused-ring (bicyclic) bond motifs is 1. The Labute approximate surface area is 126 Å². The van der Waals surface area contributed by atoms with Gasteiger partial charge in [0, 0.05) is 0 Å². The molecule has 1 aromatic rings. The molecular formula is C13H15Cl2Ti. The van der Waals surface area contributed by atoms with Crippen LogP contribution in [0.4, 0.5) is 0 Å². The molecule has 0 saturated heterocycles. The van der Waals surface area contributed by atoms with Crippen LogP contribution in [0.2, 0.25) is 0 Å². The quantitative estimate of drug-likeness (QED) is 0.423. The third-order valence-electron chi connectivity index (χ3n) is 2.52. The first-order chi connectivity index (χ1) is 6.27.